The molecule has 1 aromatic carbocycles. The molecule has 2 aliphatic heterocycles. The van der Waals surface area contributed by atoms with Crippen LogP contribution in [0, 0.1) is 16.7 Å². The Kier molecular flexibility index (Phi) is 4.63. The average Bonchev–Trinajstić information content (AvgIpc) is 2.72. The average molecular weight is 391 g/mol. The highest BCUT2D eigenvalue weighted by atomic mass is 16.1. The van der Waals surface area contributed by atoms with Crippen LogP contribution in [-0.4, -0.2) is 61.9 Å². The monoisotopic (exact) mass is 390 g/mol. The Labute approximate surface area is 173 Å². The second-order valence-corrected chi connectivity index (χ2v) is 9.41. The molecule has 0 bridgehead atoms. The third-order valence-electron chi connectivity index (χ3n) is 7.75. The number of hydrogen-bond donors (Lipinski definition) is 0. The van der Waals surface area contributed by atoms with E-state index in [1.165, 1.54) is 37.8 Å². The van der Waals surface area contributed by atoms with E-state index in [1.54, 1.807) is 0 Å². The molecule has 1 saturated carbocycles. The summed E-state index contributed by atoms with van der Waals surface area (Å²) in [5, 5.41) is 9.82. The standard InChI is InChI=1S/C24H30N4O/c1-26-11-13-27(14-12-26)19-4-3-18-15-22(29)21(17-25)23(20(18)16-19)28-9-7-24(8-10-28)5-2-6-24/h3-4,16H,2,5-15H2,1H3. The minimum absolute atomic E-state index is 0.0220. The van der Waals surface area contributed by atoms with Gasteiger partial charge < -0.3 is 14.7 Å². The van der Waals surface area contributed by atoms with Gasteiger partial charge in [-0.3, -0.25) is 4.79 Å². The van der Waals surface area contributed by atoms with Gasteiger partial charge in [0.05, 0.1) is 5.70 Å². The first-order chi connectivity index (χ1) is 14.1. The summed E-state index contributed by atoms with van der Waals surface area (Å²) in [5.41, 5.74) is 5.23. The van der Waals surface area contributed by atoms with Gasteiger partial charge in [-0.05, 0) is 55.8 Å². The number of allylic oxidation sites excluding steroid dienone is 1. The maximum absolute atomic E-state index is 12.7. The molecule has 152 valence electrons. The maximum Gasteiger partial charge on any atom is 0.179 e. The number of benzene rings is 1. The molecule has 0 radical (unpaired) electrons. The van der Waals surface area contributed by atoms with Crippen LogP contribution in [-0.2, 0) is 11.2 Å². The second kappa shape index (κ2) is 7.18. The number of nitriles is 1. The largest absolute Gasteiger partial charge is 0.370 e. The van der Waals surface area contributed by atoms with Crippen molar-refractivity contribution in [2.24, 2.45) is 5.41 Å². The van der Waals surface area contributed by atoms with E-state index >= 15 is 0 Å². The third kappa shape index (κ3) is 3.24. The third-order valence-corrected chi connectivity index (χ3v) is 7.75. The lowest BCUT2D eigenvalue weighted by Crippen LogP contribution is -2.45. The van der Waals surface area contributed by atoms with Crippen molar-refractivity contribution in [3.63, 3.8) is 0 Å². The predicted octanol–water partition coefficient (Wildman–Crippen LogP) is 3.06. The van der Waals surface area contributed by atoms with Gasteiger partial charge in [-0.25, -0.2) is 0 Å². The number of carbonyl (C=O) groups is 1. The molecule has 5 rings (SSSR count). The van der Waals surface area contributed by atoms with Crippen molar-refractivity contribution in [3.8, 4) is 6.07 Å². The first-order valence-corrected chi connectivity index (χ1v) is 11.1. The van der Waals surface area contributed by atoms with E-state index in [9.17, 15) is 10.1 Å². The normalized spacial score (nSPS) is 24.3. The van der Waals surface area contributed by atoms with Gasteiger partial charge in [-0.15, -0.1) is 0 Å². The smallest absolute Gasteiger partial charge is 0.179 e. The van der Waals surface area contributed by atoms with Crippen LogP contribution >= 0.6 is 0 Å². The minimum Gasteiger partial charge on any atom is -0.370 e. The maximum atomic E-state index is 12.7. The number of ketones is 1. The van der Waals surface area contributed by atoms with E-state index in [4.69, 9.17) is 0 Å². The molecule has 2 saturated heterocycles. The van der Waals surface area contributed by atoms with E-state index in [0.717, 1.165) is 56.1 Å². The molecule has 5 nitrogen and oxygen atoms in total. The Morgan fingerprint density at radius 2 is 1.69 bits per heavy atom. The number of likely N-dealkylation sites (tertiary alicyclic amines) is 1. The Morgan fingerprint density at radius 1 is 0.966 bits per heavy atom. The number of Topliss-reactive ketones (excluding diaryl/α,β-unsaturated/α-hetero) is 1. The van der Waals surface area contributed by atoms with Gasteiger partial charge in [-0.1, -0.05) is 12.5 Å². The molecule has 0 atom stereocenters. The molecule has 2 aliphatic carbocycles. The number of piperidine rings is 1. The minimum atomic E-state index is -0.0220. The number of nitrogens with zero attached hydrogens (tertiary/aromatic N) is 4. The zero-order chi connectivity index (χ0) is 20.0. The van der Waals surface area contributed by atoms with Crippen molar-refractivity contribution in [2.45, 2.75) is 38.5 Å². The SMILES string of the molecule is CN1CCN(c2ccc3c(c2)C(N2CCC4(CCC4)CC2)=C(C#N)C(=O)C3)CC1. The molecule has 0 N–H and O–H groups in total. The molecule has 29 heavy (non-hydrogen) atoms. The molecule has 3 fully saturated rings. The predicted molar refractivity (Wildman–Crippen MR) is 114 cm³/mol. The van der Waals surface area contributed by atoms with Crippen molar-refractivity contribution in [1.82, 2.24) is 9.80 Å². The van der Waals surface area contributed by atoms with Gasteiger partial charge in [0, 0.05) is 56.9 Å². The summed E-state index contributed by atoms with van der Waals surface area (Å²) in [4.78, 5) is 19.9. The van der Waals surface area contributed by atoms with Crippen molar-refractivity contribution in [1.29, 1.82) is 5.26 Å². The lowest BCUT2D eigenvalue weighted by Gasteiger charge is -2.49. The van der Waals surface area contributed by atoms with Gasteiger partial charge in [0.2, 0.25) is 0 Å². The van der Waals surface area contributed by atoms with Crippen molar-refractivity contribution in [2.75, 3.05) is 51.2 Å². The number of likely N-dealkylation sites (N-methyl/N-ethyl adjacent to an activating group) is 1. The Bertz CT molecular complexity index is 890. The molecule has 0 aromatic heterocycles. The molecule has 1 spiro atoms. The summed E-state index contributed by atoms with van der Waals surface area (Å²) >= 11 is 0. The van der Waals surface area contributed by atoms with E-state index in [0.29, 0.717) is 17.4 Å². The lowest BCUT2D eigenvalue weighted by molar-refractivity contribution is -0.114. The fraction of sp³-hybridized carbons (Fsp3) is 0.583. The topological polar surface area (TPSA) is 50.6 Å². The van der Waals surface area contributed by atoms with E-state index < -0.39 is 0 Å². The zero-order valence-corrected chi connectivity index (χ0v) is 17.4. The zero-order valence-electron chi connectivity index (χ0n) is 17.4. The molecular weight excluding hydrogens is 360 g/mol. The number of fused-ring (bicyclic) bond motifs is 1. The van der Waals surface area contributed by atoms with Gasteiger partial charge in [-0.2, -0.15) is 5.26 Å². The number of hydrogen-bond acceptors (Lipinski definition) is 5. The molecule has 0 unspecified atom stereocenters. The fourth-order valence-electron chi connectivity index (χ4n) is 5.55. The van der Waals surface area contributed by atoms with Crippen LogP contribution in [0.1, 0.15) is 43.2 Å². The summed E-state index contributed by atoms with van der Waals surface area (Å²) < 4.78 is 0. The van der Waals surface area contributed by atoms with Crippen LogP contribution in [0.15, 0.2) is 23.8 Å². The van der Waals surface area contributed by atoms with Gasteiger partial charge in [0.15, 0.2) is 5.78 Å². The quantitative estimate of drug-likeness (QED) is 0.777. The number of carbonyl (C=O) groups excluding carboxylic acids is 1. The Balaban J connectivity index is 1.48. The van der Waals surface area contributed by atoms with Crippen LogP contribution in [0.25, 0.3) is 5.70 Å². The summed E-state index contributed by atoms with van der Waals surface area (Å²) in [6.45, 7) is 6.10. The van der Waals surface area contributed by atoms with E-state index in [-0.39, 0.29) is 5.78 Å². The molecule has 0 amide bonds. The number of rotatable bonds is 2. The number of anilines is 1. The highest BCUT2D eigenvalue weighted by molar-refractivity contribution is 6.10. The lowest BCUT2D eigenvalue weighted by atomic mass is 9.63. The molecular formula is C24H30N4O. The summed E-state index contributed by atoms with van der Waals surface area (Å²) in [6.07, 6.45) is 6.81. The van der Waals surface area contributed by atoms with E-state index in [2.05, 4.69) is 46.0 Å². The van der Waals surface area contributed by atoms with Gasteiger partial charge >= 0.3 is 0 Å². The highest BCUT2D eigenvalue weighted by Crippen LogP contribution is 2.50. The van der Waals surface area contributed by atoms with E-state index in [1.807, 2.05) is 0 Å². The second-order valence-electron chi connectivity index (χ2n) is 9.41. The van der Waals surface area contributed by atoms with Gasteiger partial charge in [0.1, 0.15) is 11.6 Å². The molecule has 5 heteroatoms. The Hall–Kier alpha value is -2.32. The first kappa shape index (κ1) is 18.7. The molecule has 4 aliphatic rings. The van der Waals surface area contributed by atoms with Gasteiger partial charge in [0.25, 0.3) is 0 Å². The summed E-state index contributed by atoms with van der Waals surface area (Å²) in [5.74, 6) is -0.0220. The van der Waals surface area contributed by atoms with Crippen LogP contribution in [0.3, 0.4) is 0 Å². The van der Waals surface area contributed by atoms with Crippen LogP contribution in [0.2, 0.25) is 0 Å². The molecule has 1 aromatic rings. The number of piperazine rings is 1. The van der Waals surface area contributed by atoms with Crippen molar-refractivity contribution in [3.05, 3.63) is 34.9 Å². The fourth-order valence-corrected chi connectivity index (χ4v) is 5.55. The highest BCUT2D eigenvalue weighted by Gasteiger charge is 2.41. The van der Waals surface area contributed by atoms with Crippen LogP contribution < -0.4 is 4.90 Å². The summed E-state index contributed by atoms with van der Waals surface area (Å²) in [7, 11) is 2.17. The van der Waals surface area contributed by atoms with Crippen molar-refractivity contribution >= 4 is 17.2 Å². The molecule has 2 heterocycles. The Morgan fingerprint density at radius 3 is 2.31 bits per heavy atom. The first-order valence-electron chi connectivity index (χ1n) is 11.1. The summed E-state index contributed by atoms with van der Waals surface area (Å²) in [6, 6.07) is 8.78. The van der Waals surface area contributed by atoms with Crippen LogP contribution in [0.5, 0.6) is 0 Å². The van der Waals surface area contributed by atoms with Crippen molar-refractivity contribution < 1.29 is 4.79 Å². The van der Waals surface area contributed by atoms with Crippen LogP contribution in [0.4, 0.5) is 5.69 Å².